The van der Waals surface area contributed by atoms with E-state index < -0.39 is 11.0 Å². The SMILES string of the molecule is CC1CC(OCC(Br)C(F)(F)F)CC(C)(C)C1. The van der Waals surface area contributed by atoms with Crippen LogP contribution in [0.5, 0.6) is 0 Å². The smallest absolute Gasteiger partial charge is 0.377 e. The van der Waals surface area contributed by atoms with Crippen LogP contribution in [0.25, 0.3) is 0 Å². The molecule has 1 nitrogen and oxygen atoms in total. The Labute approximate surface area is 109 Å². The number of hydrogen-bond donors (Lipinski definition) is 0. The number of alkyl halides is 4. The summed E-state index contributed by atoms with van der Waals surface area (Å²) in [7, 11) is 0. The average Bonchev–Trinajstić information content (AvgIpc) is 2.09. The van der Waals surface area contributed by atoms with Gasteiger partial charge in [-0.25, -0.2) is 0 Å². The van der Waals surface area contributed by atoms with Crippen molar-refractivity contribution in [2.75, 3.05) is 6.61 Å². The normalized spacial score (nSPS) is 31.2. The first kappa shape index (κ1) is 15.3. The summed E-state index contributed by atoms with van der Waals surface area (Å²) in [5, 5.41) is 0. The lowest BCUT2D eigenvalue weighted by Gasteiger charge is -2.39. The lowest BCUT2D eigenvalue weighted by molar-refractivity contribution is -0.144. The summed E-state index contributed by atoms with van der Waals surface area (Å²) in [5.41, 5.74) is 0.169. The Morgan fingerprint density at radius 2 is 1.94 bits per heavy atom. The standard InChI is InChI=1S/C12H20BrF3O/c1-8-4-9(6-11(2,3)5-8)17-7-10(13)12(14,15)16/h8-10H,4-7H2,1-3H3. The molecule has 0 bridgehead atoms. The number of hydrogen-bond acceptors (Lipinski definition) is 1. The molecule has 0 aliphatic heterocycles. The summed E-state index contributed by atoms with van der Waals surface area (Å²) in [6.07, 6.45) is -1.45. The van der Waals surface area contributed by atoms with Crippen LogP contribution in [0, 0.1) is 11.3 Å². The highest BCUT2D eigenvalue weighted by atomic mass is 79.9. The molecule has 0 spiro atoms. The van der Waals surface area contributed by atoms with Crippen LogP contribution in [0.4, 0.5) is 13.2 Å². The Kier molecular flexibility index (Phi) is 4.92. The van der Waals surface area contributed by atoms with Crippen LogP contribution in [0.3, 0.4) is 0 Å². The van der Waals surface area contributed by atoms with Gasteiger partial charge in [0.1, 0.15) is 4.83 Å². The van der Waals surface area contributed by atoms with Crippen molar-refractivity contribution in [3.63, 3.8) is 0 Å². The summed E-state index contributed by atoms with van der Waals surface area (Å²) in [6, 6.07) is 0. The molecule has 1 rings (SSSR count). The molecule has 0 aromatic rings. The molecule has 3 atom stereocenters. The van der Waals surface area contributed by atoms with Gasteiger partial charge in [0.15, 0.2) is 0 Å². The monoisotopic (exact) mass is 316 g/mol. The van der Waals surface area contributed by atoms with E-state index in [9.17, 15) is 13.2 Å². The van der Waals surface area contributed by atoms with E-state index in [2.05, 4.69) is 36.7 Å². The van der Waals surface area contributed by atoms with Crippen molar-refractivity contribution in [3.05, 3.63) is 0 Å². The van der Waals surface area contributed by atoms with E-state index in [1.54, 1.807) is 0 Å². The molecule has 3 unspecified atom stereocenters. The number of ether oxygens (including phenoxy) is 1. The minimum atomic E-state index is -4.23. The Hall–Kier alpha value is 0.230. The highest BCUT2D eigenvalue weighted by Gasteiger charge is 2.39. The van der Waals surface area contributed by atoms with E-state index in [0.29, 0.717) is 5.92 Å². The number of rotatable bonds is 3. The molecular formula is C12H20BrF3O. The molecule has 0 saturated heterocycles. The summed E-state index contributed by atoms with van der Waals surface area (Å²) < 4.78 is 42.3. The van der Waals surface area contributed by atoms with Crippen LogP contribution < -0.4 is 0 Å². The maximum Gasteiger partial charge on any atom is 0.403 e. The molecule has 102 valence electrons. The van der Waals surface area contributed by atoms with E-state index in [1.807, 2.05) is 0 Å². The maximum atomic E-state index is 12.3. The Morgan fingerprint density at radius 1 is 1.35 bits per heavy atom. The van der Waals surface area contributed by atoms with E-state index in [1.165, 1.54) is 0 Å². The second-order valence-corrected chi connectivity index (χ2v) is 6.98. The van der Waals surface area contributed by atoms with Crippen molar-refractivity contribution in [1.82, 2.24) is 0 Å². The van der Waals surface area contributed by atoms with Gasteiger partial charge in [-0.15, -0.1) is 0 Å². The largest absolute Gasteiger partial charge is 0.403 e. The molecule has 1 aliphatic rings. The number of halogens is 4. The first-order chi connectivity index (χ1) is 7.60. The van der Waals surface area contributed by atoms with Crippen LogP contribution in [-0.4, -0.2) is 23.7 Å². The van der Waals surface area contributed by atoms with Crippen molar-refractivity contribution in [2.45, 2.75) is 57.1 Å². The van der Waals surface area contributed by atoms with Crippen molar-refractivity contribution < 1.29 is 17.9 Å². The summed E-state index contributed by atoms with van der Waals surface area (Å²) in [5.74, 6) is 0.517. The van der Waals surface area contributed by atoms with Crippen LogP contribution in [-0.2, 0) is 4.74 Å². The van der Waals surface area contributed by atoms with Crippen molar-refractivity contribution >= 4 is 15.9 Å². The first-order valence-electron chi connectivity index (χ1n) is 5.92. The van der Waals surface area contributed by atoms with E-state index in [4.69, 9.17) is 4.74 Å². The first-order valence-corrected chi connectivity index (χ1v) is 6.84. The van der Waals surface area contributed by atoms with Crippen LogP contribution in [0.15, 0.2) is 0 Å². The molecule has 0 N–H and O–H groups in total. The minimum Gasteiger partial charge on any atom is -0.377 e. The second-order valence-electron chi connectivity index (χ2n) is 5.88. The predicted octanol–water partition coefficient (Wildman–Crippen LogP) is 4.54. The van der Waals surface area contributed by atoms with Gasteiger partial charge in [0.05, 0.1) is 12.7 Å². The second kappa shape index (κ2) is 5.47. The van der Waals surface area contributed by atoms with Gasteiger partial charge in [0.2, 0.25) is 0 Å². The highest BCUT2D eigenvalue weighted by Crippen LogP contribution is 2.40. The molecule has 1 aliphatic carbocycles. The van der Waals surface area contributed by atoms with Crippen LogP contribution in [0.1, 0.15) is 40.0 Å². The molecule has 0 heterocycles. The lowest BCUT2D eigenvalue weighted by Crippen LogP contribution is -2.36. The van der Waals surface area contributed by atoms with Gasteiger partial charge in [0, 0.05) is 0 Å². The van der Waals surface area contributed by atoms with Gasteiger partial charge in [-0.2, -0.15) is 13.2 Å². The zero-order valence-corrected chi connectivity index (χ0v) is 12.1. The third kappa shape index (κ3) is 5.16. The third-order valence-electron chi connectivity index (χ3n) is 3.18. The predicted molar refractivity (Wildman–Crippen MR) is 65.3 cm³/mol. The molecule has 0 aromatic heterocycles. The quantitative estimate of drug-likeness (QED) is 0.694. The van der Waals surface area contributed by atoms with Gasteiger partial charge in [-0.05, 0) is 30.6 Å². The fraction of sp³-hybridized carbons (Fsp3) is 1.00. The Bertz CT molecular complexity index is 253. The van der Waals surface area contributed by atoms with E-state index in [-0.39, 0.29) is 18.1 Å². The average molecular weight is 317 g/mol. The van der Waals surface area contributed by atoms with Gasteiger partial charge in [-0.3, -0.25) is 0 Å². The van der Waals surface area contributed by atoms with Gasteiger partial charge in [-0.1, -0.05) is 36.7 Å². The summed E-state index contributed by atoms with van der Waals surface area (Å²) >= 11 is 2.62. The van der Waals surface area contributed by atoms with Crippen molar-refractivity contribution in [2.24, 2.45) is 11.3 Å². The highest BCUT2D eigenvalue weighted by molar-refractivity contribution is 9.09. The fourth-order valence-corrected chi connectivity index (χ4v) is 2.85. The fourth-order valence-electron chi connectivity index (χ4n) is 2.70. The molecule has 0 amide bonds. The minimum absolute atomic E-state index is 0.0452. The molecule has 1 saturated carbocycles. The van der Waals surface area contributed by atoms with E-state index >= 15 is 0 Å². The van der Waals surface area contributed by atoms with Gasteiger partial charge >= 0.3 is 6.18 Å². The van der Waals surface area contributed by atoms with Crippen molar-refractivity contribution in [1.29, 1.82) is 0 Å². The molecular weight excluding hydrogens is 297 g/mol. The molecule has 5 heteroatoms. The Balaban J connectivity index is 2.42. The lowest BCUT2D eigenvalue weighted by atomic mass is 9.71. The third-order valence-corrected chi connectivity index (χ3v) is 3.96. The molecule has 1 fully saturated rings. The van der Waals surface area contributed by atoms with Crippen molar-refractivity contribution in [3.8, 4) is 0 Å². The van der Waals surface area contributed by atoms with Crippen LogP contribution >= 0.6 is 15.9 Å². The van der Waals surface area contributed by atoms with Gasteiger partial charge < -0.3 is 4.74 Å². The van der Waals surface area contributed by atoms with E-state index in [0.717, 1.165) is 19.3 Å². The molecule has 17 heavy (non-hydrogen) atoms. The van der Waals surface area contributed by atoms with Gasteiger partial charge in [0.25, 0.3) is 0 Å². The maximum absolute atomic E-state index is 12.3. The zero-order chi connectivity index (χ0) is 13.3. The molecule has 0 radical (unpaired) electrons. The summed E-state index contributed by atoms with van der Waals surface area (Å²) in [4.78, 5) is -1.56. The topological polar surface area (TPSA) is 9.23 Å². The Morgan fingerprint density at radius 3 is 2.41 bits per heavy atom. The molecule has 0 aromatic carbocycles. The summed E-state index contributed by atoms with van der Waals surface area (Å²) in [6.45, 7) is 6.13. The van der Waals surface area contributed by atoms with Crippen LogP contribution in [0.2, 0.25) is 0 Å². The zero-order valence-electron chi connectivity index (χ0n) is 10.5.